The number of nitrogens with one attached hydrogen (secondary N) is 1. The van der Waals surface area contributed by atoms with Crippen LogP contribution in [0.4, 0.5) is 4.39 Å². The van der Waals surface area contributed by atoms with Gasteiger partial charge in [-0.3, -0.25) is 9.69 Å². The molecule has 1 aromatic heterocycles. The lowest BCUT2D eigenvalue weighted by atomic mass is 10.1. The van der Waals surface area contributed by atoms with E-state index >= 15 is 0 Å². The minimum atomic E-state index is -1.06. The lowest BCUT2D eigenvalue weighted by molar-refractivity contribution is -0.142. The van der Waals surface area contributed by atoms with Crippen LogP contribution in [0, 0.1) is 5.82 Å². The lowest BCUT2D eigenvalue weighted by Gasteiger charge is -2.25. The van der Waals surface area contributed by atoms with Crippen LogP contribution in [0.5, 0.6) is 0 Å². The number of carboxylic acids is 1. The van der Waals surface area contributed by atoms with Gasteiger partial charge in [0.2, 0.25) is 5.91 Å². The van der Waals surface area contributed by atoms with Gasteiger partial charge in [-0.1, -0.05) is 12.1 Å². The molecule has 0 radical (unpaired) electrons. The molecular weight excluding hydrogens is 515 g/mol. The van der Waals surface area contributed by atoms with Crippen molar-refractivity contribution in [1.29, 1.82) is 0 Å². The van der Waals surface area contributed by atoms with E-state index in [0.29, 0.717) is 13.0 Å². The Morgan fingerprint density at radius 1 is 1.32 bits per heavy atom. The maximum atomic E-state index is 13.1. The highest BCUT2D eigenvalue weighted by Gasteiger charge is 2.33. The van der Waals surface area contributed by atoms with Crippen molar-refractivity contribution >= 4 is 55.1 Å². The fourth-order valence-electron chi connectivity index (χ4n) is 3.34. The standard InChI is InChI=1S/C19H19Br2FN2O3S/c20-16-9-12(17(21)28-16)8-14(19(26)27)23-18(25)15-2-1-7-24(15)10-11-3-5-13(22)6-4-11/h3-6,9,14-15H,1-2,7-8,10H2,(H,23,25)(H,26,27). The van der Waals surface area contributed by atoms with Gasteiger partial charge in [-0.2, -0.15) is 0 Å². The van der Waals surface area contributed by atoms with Crippen LogP contribution in [0.25, 0.3) is 0 Å². The highest BCUT2D eigenvalue weighted by molar-refractivity contribution is 9.12. The molecular formula is C19H19Br2FN2O3S. The molecule has 5 nitrogen and oxygen atoms in total. The first-order valence-electron chi connectivity index (χ1n) is 8.79. The van der Waals surface area contributed by atoms with Crippen LogP contribution in [0.3, 0.4) is 0 Å². The normalized spacial score (nSPS) is 18.2. The van der Waals surface area contributed by atoms with Crippen LogP contribution in [0.1, 0.15) is 24.0 Å². The summed E-state index contributed by atoms with van der Waals surface area (Å²) >= 11 is 8.27. The maximum absolute atomic E-state index is 13.1. The number of likely N-dealkylation sites (tertiary alicyclic amines) is 1. The van der Waals surface area contributed by atoms with Gasteiger partial charge in [0.25, 0.3) is 0 Å². The fourth-order valence-corrected chi connectivity index (χ4v) is 6.20. The van der Waals surface area contributed by atoms with Crippen molar-refractivity contribution in [3.05, 3.63) is 54.8 Å². The zero-order chi connectivity index (χ0) is 20.3. The molecule has 0 bridgehead atoms. The Kier molecular flexibility index (Phi) is 7.25. The van der Waals surface area contributed by atoms with E-state index in [-0.39, 0.29) is 24.2 Å². The van der Waals surface area contributed by atoms with Gasteiger partial charge in [-0.25, -0.2) is 9.18 Å². The predicted molar refractivity (Wildman–Crippen MR) is 113 cm³/mol. The summed E-state index contributed by atoms with van der Waals surface area (Å²) in [6.07, 6.45) is 1.74. The van der Waals surface area contributed by atoms with Crippen LogP contribution in [0.2, 0.25) is 0 Å². The Labute approximate surface area is 183 Å². The molecule has 2 aromatic rings. The summed E-state index contributed by atoms with van der Waals surface area (Å²) in [6, 6.07) is 6.68. The number of carbonyl (C=O) groups excluding carboxylic acids is 1. The lowest BCUT2D eigenvalue weighted by Crippen LogP contribution is -2.50. The Bertz CT molecular complexity index is 859. The molecule has 2 atom stereocenters. The van der Waals surface area contributed by atoms with E-state index in [2.05, 4.69) is 37.2 Å². The summed E-state index contributed by atoms with van der Waals surface area (Å²) in [5, 5.41) is 12.3. The molecule has 3 rings (SSSR count). The maximum Gasteiger partial charge on any atom is 0.326 e. The molecule has 2 heterocycles. The van der Waals surface area contributed by atoms with Crippen molar-refractivity contribution in [3.63, 3.8) is 0 Å². The third-order valence-electron chi connectivity index (χ3n) is 4.73. The first kappa shape index (κ1) is 21.4. The van der Waals surface area contributed by atoms with E-state index in [1.54, 1.807) is 12.1 Å². The van der Waals surface area contributed by atoms with Gasteiger partial charge in [0.1, 0.15) is 11.9 Å². The van der Waals surface area contributed by atoms with Gasteiger partial charge in [0.05, 0.1) is 13.6 Å². The number of thiophene rings is 1. The molecule has 9 heteroatoms. The summed E-state index contributed by atoms with van der Waals surface area (Å²) in [5.74, 6) is -1.64. The van der Waals surface area contributed by atoms with Crippen molar-refractivity contribution in [1.82, 2.24) is 10.2 Å². The molecule has 2 unspecified atom stereocenters. The van der Waals surface area contributed by atoms with Gasteiger partial charge < -0.3 is 10.4 Å². The third-order valence-corrected chi connectivity index (χ3v) is 7.19. The van der Waals surface area contributed by atoms with Gasteiger partial charge in [0.15, 0.2) is 0 Å². The molecule has 1 amide bonds. The first-order chi connectivity index (χ1) is 13.3. The highest BCUT2D eigenvalue weighted by Crippen LogP contribution is 2.32. The third kappa shape index (κ3) is 5.40. The minimum absolute atomic E-state index is 0.203. The molecule has 28 heavy (non-hydrogen) atoms. The molecule has 2 N–H and O–H groups in total. The zero-order valence-corrected chi connectivity index (χ0v) is 18.8. The van der Waals surface area contributed by atoms with Crippen LogP contribution in [0.15, 0.2) is 37.9 Å². The number of carbonyl (C=O) groups is 2. The Morgan fingerprint density at radius 2 is 2.04 bits per heavy atom. The molecule has 1 fully saturated rings. The fraction of sp³-hybridized carbons (Fsp3) is 0.368. The number of nitrogens with zero attached hydrogens (tertiary/aromatic N) is 1. The van der Waals surface area contributed by atoms with Gasteiger partial charge in [-0.05, 0) is 80.6 Å². The van der Waals surface area contributed by atoms with Crippen LogP contribution >= 0.6 is 43.2 Å². The largest absolute Gasteiger partial charge is 0.480 e. The van der Waals surface area contributed by atoms with Crippen LogP contribution < -0.4 is 5.32 Å². The number of carboxylic acid groups (broad SMARTS) is 1. The molecule has 1 aliphatic rings. The van der Waals surface area contributed by atoms with E-state index in [1.807, 2.05) is 11.0 Å². The molecule has 0 aliphatic carbocycles. The summed E-state index contributed by atoms with van der Waals surface area (Å²) < 4.78 is 14.8. The Hall–Kier alpha value is -1.29. The predicted octanol–water partition coefficient (Wildman–Crippen LogP) is 4.19. The Morgan fingerprint density at radius 3 is 2.64 bits per heavy atom. The van der Waals surface area contributed by atoms with E-state index in [4.69, 9.17) is 0 Å². The second-order valence-corrected chi connectivity index (χ2v) is 10.5. The molecule has 0 saturated carbocycles. The van der Waals surface area contributed by atoms with Gasteiger partial charge in [0, 0.05) is 13.0 Å². The van der Waals surface area contributed by atoms with Crippen molar-refractivity contribution in [2.45, 2.75) is 37.9 Å². The summed E-state index contributed by atoms with van der Waals surface area (Å²) in [5.41, 5.74) is 1.75. The second-order valence-electron chi connectivity index (χ2n) is 6.71. The number of hydrogen-bond donors (Lipinski definition) is 2. The number of hydrogen-bond acceptors (Lipinski definition) is 4. The van der Waals surface area contributed by atoms with Crippen molar-refractivity contribution in [2.24, 2.45) is 0 Å². The second kappa shape index (κ2) is 9.47. The van der Waals surface area contributed by atoms with E-state index in [9.17, 15) is 19.1 Å². The zero-order valence-electron chi connectivity index (χ0n) is 14.8. The van der Waals surface area contributed by atoms with Crippen molar-refractivity contribution in [2.75, 3.05) is 6.54 Å². The average Bonchev–Trinajstić information content (AvgIpc) is 3.22. The summed E-state index contributed by atoms with van der Waals surface area (Å²) in [6.45, 7) is 1.27. The highest BCUT2D eigenvalue weighted by atomic mass is 79.9. The quantitative estimate of drug-likeness (QED) is 0.560. The first-order valence-corrected chi connectivity index (χ1v) is 11.2. The molecule has 1 aliphatic heterocycles. The number of aliphatic carboxylic acids is 1. The molecule has 150 valence electrons. The molecule has 1 saturated heterocycles. The molecule has 0 spiro atoms. The van der Waals surface area contributed by atoms with E-state index in [1.165, 1.54) is 23.5 Å². The van der Waals surface area contributed by atoms with Crippen molar-refractivity contribution in [3.8, 4) is 0 Å². The van der Waals surface area contributed by atoms with E-state index < -0.39 is 12.0 Å². The SMILES string of the molecule is O=C(O)C(Cc1cc(Br)sc1Br)NC(=O)C1CCCN1Cc1ccc(F)cc1. The topological polar surface area (TPSA) is 69.6 Å². The number of benzene rings is 1. The number of rotatable bonds is 7. The van der Waals surface area contributed by atoms with E-state index in [0.717, 1.165) is 31.7 Å². The monoisotopic (exact) mass is 532 g/mol. The average molecular weight is 534 g/mol. The van der Waals surface area contributed by atoms with Gasteiger partial charge in [-0.15, -0.1) is 11.3 Å². The Balaban J connectivity index is 1.65. The number of halogens is 3. The molecule has 1 aromatic carbocycles. The smallest absolute Gasteiger partial charge is 0.326 e. The van der Waals surface area contributed by atoms with Crippen LogP contribution in [-0.4, -0.2) is 40.5 Å². The number of amides is 1. The minimum Gasteiger partial charge on any atom is -0.480 e. The summed E-state index contributed by atoms with van der Waals surface area (Å²) in [7, 11) is 0. The van der Waals surface area contributed by atoms with Gasteiger partial charge >= 0.3 is 5.97 Å². The van der Waals surface area contributed by atoms with Crippen molar-refractivity contribution < 1.29 is 19.1 Å². The summed E-state index contributed by atoms with van der Waals surface area (Å²) in [4.78, 5) is 26.5. The van der Waals surface area contributed by atoms with Crippen LogP contribution in [-0.2, 0) is 22.6 Å².